The molecule has 0 N–H and O–H groups in total. The number of benzene rings is 1. The summed E-state index contributed by atoms with van der Waals surface area (Å²) in [5.74, 6) is 0.644. The fraction of sp³-hybridized carbons (Fsp3) is 0.333. The fourth-order valence-corrected chi connectivity index (χ4v) is 2.46. The lowest BCUT2D eigenvalue weighted by atomic mass is 10.1. The Kier molecular flexibility index (Phi) is 2.97. The lowest BCUT2D eigenvalue weighted by Gasteiger charge is -2.02. The number of rotatable bonds is 3. The Balaban J connectivity index is 2.43. The molecule has 5 heteroatoms. The Bertz CT molecular complexity index is 846. The molecular weight excluding hydrogens is 256 g/mol. The lowest BCUT2D eigenvalue weighted by Crippen LogP contribution is -2.04. The van der Waals surface area contributed by atoms with Crippen molar-refractivity contribution in [3.8, 4) is 5.75 Å². The van der Waals surface area contributed by atoms with Crippen molar-refractivity contribution in [2.24, 2.45) is 7.05 Å². The van der Waals surface area contributed by atoms with E-state index in [2.05, 4.69) is 12.0 Å². The average Bonchev–Trinajstić information content (AvgIpc) is 2.76. The van der Waals surface area contributed by atoms with Gasteiger partial charge in [-0.25, -0.2) is 4.68 Å². The predicted octanol–water partition coefficient (Wildman–Crippen LogP) is 2.64. The van der Waals surface area contributed by atoms with Gasteiger partial charge in [0.05, 0.1) is 18.2 Å². The van der Waals surface area contributed by atoms with Crippen LogP contribution in [-0.4, -0.2) is 16.9 Å². The smallest absolute Gasteiger partial charge is 0.229 e. The van der Waals surface area contributed by atoms with Crippen LogP contribution in [0.15, 0.2) is 27.4 Å². The molecule has 5 nitrogen and oxygen atoms in total. The van der Waals surface area contributed by atoms with Gasteiger partial charge in [0.25, 0.3) is 0 Å². The first-order valence-electron chi connectivity index (χ1n) is 6.62. The van der Waals surface area contributed by atoms with Crippen LogP contribution in [0.25, 0.3) is 22.1 Å². The summed E-state index contributed by atoms with van der Waals surface area (Å²) < 4.78 is 12.6. The SMILES string of the molecule is CCCc1nn(C)c2oc3ccc(OC)cc3c(=O)c12. The molecule has 0 bridgehead atoms. The van der Waals surface area contributed by atoms with Crippen molar-refractivity contribution in [2.45, 2.75) is 19.8 Å². The lowest BCUT2D eigenvalue weighted by molar-refractivity contribution is 0.415. The minimum Gasteiger partial charge on any atom is -0.497 e. The third kappa shape index (κ3) is 1.78. The Morgan fingerprint density at radius 2 is 2.20 bits per heavy atom. The zero-order chi connectivity index (χ0) is 14.3. The van der Waals surface area contributed by atoms with Gasteiger partial charge in [-0.3, -0.25) is 4.79 Å². The molecule has 0 aliphatic carbocycles. The molecule has 0 radical (unpaired) electrons. The van der Waals surface area contributed by atoms with Crippen LogP contribution in [0.4, 0.5) is 0 Å². The normalized spacial score (nSPS) is 11.3. The molecule has 0 saturated heterocycles. The van der Waals surface area contributed by atoms with E-state index >= 15 is 0 Å². The molecule has 0 aliphatic heterocycles. The van der Waals surface area contributed by atoms with Gasteiger partial charge >= 0.3 is 0 Å². The number of nitrogens with zero attached hydrogens (tertiary/aromatic N) is 2. The van der Waals surface area contributed by atoms with E-state index in [1.54, 1.807) is 37.0 Å². The fourth-order valence-electron chi connectivity index (χ4n) is 2.46. The second kappa shape index (κ2) is 4.67. The van der Waals surface area contributed by atoms with Crippen LogP contribution < -0.4 is 10.2 Å². The van der Waals surface area contributed by atoms with Crippen molar-refractivity contribution in [3.05, 3.63) is 34.1 Å². The molecular formula is C15H16N2O3. The number of aryl methyl sites for hydroxylation is 2. The largest absolute Gasteiger partial charge is 0.497 e. The number of aromatic nitrogens is 2. The molecule has 2 aromatic heterocycles. The summed E-state index contributed by atoms with van der Waals surface area (Å²) in [7, 11) is 3.37. The van der Waals surface area contributed by atoms with Gasteiger partial charge in [-0.1, -0.05) is 13.3 Å². The summed E-state index contributed by atoms with van der Waals surface area (Å²) >= 11 is 0. The van der Waals surface area contributed by atoms with Crippen LogP contribution in [-0.2, 0) is 13.5 Å². The van der Waals surface area contributed by atoms with Crippen molar-refractivity contribution in [1.82, 2.24) is 9.78 Å². The monoisotopic (exact) mass is 272 g/mol. The first-order chi connectivity index (χ1) is 9.65. The summed E-state index contributed by atoms with van der Waals surface area (Å²) in [5.41, 5.74) is 1.82. The molecule has 0 saturated carbocycles. The molecule has 0 spiro atoms. The van der Waals surface area contributed by atoms with E-state index in [9.17, 15) is 4.79 Å². The molecule has 0 amide bonds. The summed E-state index contributed by atoms with van der Waals surface area (Å²) in [6.45, 7) is 2.06. The maximum Gasteiger partial charge on any atom is 0.229 e. The summed E-state index contributed by atoms with van der Waals surface area (Å²) in [5, 5.41) is 5.51. The summed E-state index contributed by atoms with van der Waals surface area (Å²) in [6.07, 6.45) is 1.69. The number of ether oxygens (including phenoxy) is 1. The molecule has 0 aliphatic rings. The molecule has 104 valence electrons. The number of fused-ring (bicyclic) bond motifs is 2. The average molecular weight is 272 g/mol. The number of hydrogen-bond acceptors (Lipinski definition) is 4. The highest BCUT2D eigenvalue weighted by Crippen LogP contribution is 2.24. The molecule has 3 aromatic rings. The van der Waals surface area contributed by atoms with E-state index in [0.29, 0.717) is 27.8 Å². The highest BCUT2D eigenvalue weighted by atomic mass is 16.5. The van der Waals surface area contributed by atoms with Crippen molar-refractivity contribution in [3.63, 3.8) is 0 Å². The van der Waals surface area contributed by atoms with E-state index in [0.717, 1.165) is 18.5 Å². The number of methoxy groups -OCH3 is 1. The third-order valence-electron chi connectivity index (χ3n) is 3.42. The molecule has 20 heavy (non-hydrogen) atoms. The minimum absolute atomic E-state index is 0.0447. The van der Waals surface area contributed by atoms with Gasteiger partial charge < -0.3 is 9.15 Å². The van der Waals surface area contributed by atoms with Crippen molar-refractivity contribution in [1.29, 1.82) is 0 Å². The number of hydrogen-bond donors (Lipinski definition) is 0. The first kappa shape index (κ1) is 12.7. The molecule has 0 unspecified atom stereocenters. The van der Waals surface area contributed by atoms with Crippen LogP contribution in [0.2, 0.25) is 0 Å². The second-order valence-corrected chi connectivity index (χ2v) is 4.79. The second-order valence-electron chi connectivity index (χ2n) is 4.79. The van der Waals surface area contributed by atoms with Gasteiger partial charge in [-0.15, -0.1) is 0 Å². The Labute approximate surface area is 115 Å². The maximum absolute atomic E-state index is 12.7. The van der Waals surface area contributed by atoms with Crippen LogP contribution in [0.3, 0.4) is 0 Å². The molecule has 1 aromatic carbocycles. The van der Waals surface area contributed by atoms with Gasteiger partial charge in [0.1, 0.15) is 16.7 Å². The van der Waals surface area contributed by atoms with Gasteiger partial charge in [0.2, 0.25) is 11.1 Å². The highest BCUT2D eigenvalue weighted by molar-refractivity contribution is 5.90. The van der Waals surface area contributed by atoms with E-state index in [1.165, 1.54) is 0 Å². The summed E-state index contributed by atoms with van der Waals surface area (Å²) in [6, 6.07) is 5.24. The predicted molar refractivity (Wildman–Crippen MR) is 77.3 cm³/mol. The quantitative estimate of drug-likeness (QED) is 0.735. The van der Waals surface area contributed by atoms with Crippen molar-refractivity contribution in [2.75, 3.05) is 7.11 Å². The third-order valence-corrected chi connectivity index (χ3v) is 3.42. The van der Waals surface area contributed by atoms with Crippen LogP contribution in [0.5, 0.6) is 5.75 Å². The Morgan fingerprint density at radius 3 is 2.90 bits per heavy atom. The van der Waals surface area contributed by atoms with E-state index in [1.807, 2.05) is 0 Å². The molecule has 0 atom stereocenters. The highest BCUT2D eigenvalue weighted by Gasteiger charge is 2.17. The van der Waals surface area contributed by atoms with Crippen LogP contribution >= 0.6 is 0 Å². The maximum atomic E-state index is 12.7. The summed E-state index contributed by atoms with van der Waals surface area (Å²) in [4.78, 5) is 12.7. The van der Waals surface area contributed by atoms with Gasteiger partial charge in [0.15, 0.2) is 0 Å². The van der Waals surface area contributed by atoms with E-state index < -0.39 is 0 Å². The van der Waals surface area contributed by atoms with Crippen LogP contribution in [0, 0.1) is 0 Å². The Hall–Kier alpha value is -2.30. The standard InChI is InChI=1S/C15H16N2O3/c1-4-5-11-13-14(18)10-8-9(19-3)6-7-12(10)20-15(13)17(2)16-11/h6-8H,4-5H2,1-3H3. The van der Waals surface area contributed by atoms with Gasteiger partial charge in [-0.2, -0.15) is 5.10 Å². The van der Waals surface area contributed by atoms with Crippen molar-refractivity contribution >= 4 is 22.1 Å². The van der Waals surface area contributed by atoms with E-state index in [-0.39, 0.29) is 5.43 Å². The first-order valence-corrected chi connectivity index (χ1v) is 6.62. The van der Waals surface area contributed by atoms with Gasteiger partial charge in [-0.05, 0) is 24.6 Å². The molecule has 3 rings (SSSR count). The van der Waals surface area contributed by atoms with Gasteiger partial charge in [0, 0.05) is 7.05 Å². The zero-order valence-electron chi connectivity index (χ0n) is 11.8. The minimum atomic E-state index is -0.0447. The molecule has 2 heterocycles. The topological polar surface area (TPSA) is 57.3 Å². The zero-order valence-corrected chi connectivity index (χ0v) is 11.8. The molecule has 0 fully saturated rings. The van der Waals surface area contributed by atoms with Crippen LogP contribution in [0.1, 0.15) is 19.0 Å². The Morgan fingerprint density at radius 1 is 1.40 bits per heavy atom. The van der Waals surface area contributed by atoms with Crippen molar-refractivity contribution < 1.29 is 9.15 Å². The van der Waals surface area contributed by atoms with E-state index in [4.69, 9.17) is 9.15 Å².